The normalized spacial score (nSPS) is 12.2. The van der Waals surface area contributed by atoms with E-state index in [0.717, 1.165) is 17.1 Å². The number of nitrogens with zero attached hydrogens (tertiary/aromatic N) is 2. The van der Waals surface area contributed by atoms with Gasteiger partial charge >= 0.3 is 5.97 Å². The third kappa shape index (κ3) is 3.59. The lowest BCUT2D eigenvalue weighted by Gasteiger charge is -2.13. The molecule has 0 saturated carbocycles. The lowest BCUT2D eigenvalue weighted by atomic mass is 10.2. The molecule has 7 heteroatoms. The van der Waals surface area contributed by atoms with Gasteiger partial charge in [-0.15, -0.1) is 0 Å². The van der Waals surface area contributed by atoms with Crippen LogP contribution in [0, 0.1) is 13.8 Å². The van der Waals surface area contributed by atoms with Gasteiger partial charge in [-0.05, 0) is 51.1 Å². The average molecular weight is 391 g/mol. The van der Waals surface area contributed by atoms with E-state index in [2.05, 4.69) is 9.97 Å². The monoisotopic (exact) mass is 391 g/mol. The Bertz CT molecular complexity index is 1230. The molecule has 0 bridgehead atoms. The van der Waals surface area contributed by atoms with Gasteiger partial charge in [0.15, 0.2) is 11.9 Å². The Morgan fingerprint density at radius 2 is 2.03 bits per heavy atom. The number of nitrogens with one attached hydrogen (secondary N) is 1. The van der Waals surface area contributed by atoms with Gasteiger partial charge in [-0.25, -0.2) is 9.78 Å². The van der Waals surface area contributed by atoms with Gasteiger partial charge in [0.25, 0.3) is 5.56 Å². The maximum atomic E-state index is 12.8. The van der Waals surface area contributed by atoms with Gasteiger partial charge in [0.1, 0.15) is 5.76 Å². The van der Waals surface area contributed by atoms with Crippen molar-refractivity contribution in [1.29, 1.82) is 0 Å². The number of carbonyl (C=O) groups is 1. The van der Waals surface area contributed by atoms with E-state index in [1.165, 1.54) is 0 Å². The van der Waals surface area contributed by atoms with Crippen LogP contribution in [0.5, 0.6) is 0 Å². The maximum Gasteiger partial charge on any atom is 0.340 e. The molecule has 1 unspecified atom stereocenters. The fourth-order valence-electron chi connectivity index (χ4n) is 3.39. The van der Waals surface area contributed by atoms with Crippen LogP contribution in [0.4, 0.5) is 0 Å². The Morgan fingerprint density at radius 3 is 2.79 bits per heavy atom. The predicted octanol–water partition coefficient (Wildman–Crippen LogP) is 3.90. The Morgan fingerprint density at radius 1 is 1.24 bits per heavy atom. The molecule has 0 radical (unpaired) electrons. The van der Waals surface area contributed by atoms with Crippen molar-refractivity contribution in [3.8, 4) is 0 Å². The number of furan rings is 1. The summed E-state index contributed by atoms with van der Waals surface area (Å²) in [4.78, 5) is 32.2. The second kappa shape index (κ2) is 7.43. The summed E-state index contributed by atoms with van der Waals surface area (Å²) in [5, 5.41) is 0.497. The van der Waals surface area contributed by atoms with Crippen LogP contribution >= 0.6 is 0 Å². The molecule has 0 aliphatic rings. The zero-order chi connectivity index (χ0) is 20.5. The van der Waals surface area contributed by atoms with E-state index < -0.39 is 12.1 Å². The van der Waals surface area contributed by atoms with Crippen LogP contribution in [0.3, 0.4) is 0 Å². The Balaban J connectivity index is 1.57. The first-order chi connectivity index (χ1) is 13.9. The van der Waals surface area contributed by atoms with Gasteiger partial charge < -0.3 is 18.7 Å². The summed E-state index contributed by atoms with van der Waals surface area (Å²) in [5.74, 6) is 0.650. The number of carbonyl (C=O) groups excluding carboxylic acids is 1. The molecular weight excluding hydrogens is 370 g/mol. The summed E-state index contributed by atoms with van der Waals surface area (Å²) in [6.07, 6.45) is 0.922. The van der Waals surface area contributed by atoms with Gasteiger partial charge in [0.05, 0.1) is 29.3 Å². The van der Waals surface area contributed by atoms with Crippen molar-refractivity contribution >= 4 is 16.9 Å². The molecular formula is C22H21N3O4. The highest BCUT2D eigenvalue weighted by Crippen LogP contribution is 2.22. The molecule has 4 rings (SSSR count). The lowest BCUT2D eigenvalue weighted by Crippen LogP contribution is -2.17. The molecule has 3 aromatic heterocycles. The van der Waals surface area contributed by atoms with Gasteiger partial charge in [0.2, 0.25) is 0 Å². The van der Waals surface area contributed by atoms with E-state index in [9.17, 15) is 9.59 Å². The zero-order valence-corrected chi connectivity index (χ0v) is 16.4. The highest BCUT2D eigenvalue weighted by molar-refractivity contribution is 5.91. The number of esters is 1. The molecule has 1 aromatic carbocycles. The summed E-state index contributed by atoms with van der Waals surface area (Å²) >= 11 is 0. The van der Waals surface area contributed by atoms with E-state index in [4.69, 9.17) is 9.15 Å². The van der Waals surface area contributed by atoms with Crippen LogP contribution in [0.25, 0.3) is 10.9 Å². The van der Waals surface area contributed by atoms with E-state index >= 15 is 0 Å². The topological polar surface area (TPSA) is 90.1 Å². The van der Waals surface area contributed by atoms with Crippen molar-refractivity contribution in [3.63, 3.8) is 0 Å². The molecule has 148 valence electrons. The second-order valence-electron chi connectivity index (χ2n) is 6.97. The maximum absolute atomic E-state index is 12.8. The molecule has 0 aliphatic heterocycles. The number of para-hydroxylation sites is 1. The molecule has 1 N–H and O–H groups in total. The highest BCUT2D eigenvalue weighted by Gasteiger charge is 2.21. The number of hydrogen-bond acceptors (Lipinski definition) is 5. The van der Waals surface area contributed by atoms with E-state index in [1.54, 1.807) is 37.5 Å². The summed E-state index contributed by atoms with van der Waals surface area (Å²) in [7, 11) is 0. The summed E-state index contributed by atoms with van der Waals surface area (Å²) in [6, 6.07) is 12.6. The zero-order valence-electron chi connectivity index (χ0n) is 16.4. The number of fused-ring (bicyclic) bond motifs is 1. The van der Waals surface area contributed by atoms with Crippen LogP contribution < -0.4 is 5.56 Å². The number of benzene rings is 1. The van der Waals surface area contributed by atoms with E-state index in [1.807, 2.05) is 36.6 Å². The van der Waals surface area contributed by atoms with Gasteiger partial charge in [-0.1, -0.05) is 12.1 Å². The quantitative estimate of drug-likeness (QED) is 0.521. The minimum Gasteiger partial charge on any atom is -0.467 e. The summed E-state index contributed by atoms with van der Waals surface area (Å²) in [6.45, 7) is 6.02. The fraction of sp³-hybridized carbons (Fsp3) is 0.227. The number of ether oxygens (including phenoxy) is 1. The largest absolute Gasteiger partial charge is 0.467 e. The Kier molecular flexibility index (Phi) is 4.80. The van der Waals surface area contributed by atoms with Gasteiger partial charge in [-0.3, -0.25) is 4.79 Å². The SMILES string of the molecule is Cc1cc(C(=O)OC(C)c2nc3ccccc3c(=O)[nH]2)c(C)n1Cc1ccco1. The Labute approximate surface area is 167 Å². The van der Waals surface area contributed by atoms with Crippen molar-refractivity contribution < 1.29 is 13.9 Å². The van der Waals surface area contributed by atoms with Crippen molar-refractivity contribution in [2.24, 2.45) is 0 Å². The highest BCUT2D eigenvalue weighted by atomic mass is 16.5. The van der Waals surface area contributed by atoms with E-state index in [-0.39, 0.29) is 5.56 Å². The number of H-pyrrole nitrogens is 1. The third-order valence-corrected chi connectivity index (χ3v) is 4.99. The molecule has 4 aromatic rings. The Hall–Kier alpha value is -3.61. The molecule has 1 atom stereocenters. The summed E-state index contributed by atoms with van der Waals surface area (Å²) in [5.41, 5.74) is 2.49. The van der Waals surface area contributed by atoms with Gasteiger partial charge in [-0.2, -0.15) is 0 Å². The van der Waals surface area contributed by atoms with Crippen molar-refractivity contribution in [2.45, 2.75) is 33.4 Å². The standard InChI is InChI=1S/C22H21N3O4/c1-13-11-18(14(2)25(13)12-16-7-6-10-28-16)22(27)29-15(3)20-23-19-9-5-4-8-17(19)21(26)24-20/h4-11,15H,12H2,1-3H3,(H,23,24,26). The van der Waals surface area contributed by atoms with Crippen LogP contribution in [0.1, 0.15) is 46.4 Å². The fourth-order valence-corrected chi connectivity index (χ4v) is 3.39. The predicted molar refractivity (Wildman–Crippen MR) is 108 cm³/mol. The first kappa shape index (κ1) is 18.7. The molecule has 0 saturated heterocycles. The average Bonchev–Trinajstić information content (AvgIpc) is 3.31. The molecule has 7 nitrogen and oxygen atoms in total. The number of rotatable bonds is 5. The smallest absolute Gasteiger partial charge is 0.340 e. The molecule has 0 amide bonds. The first-order valence-corrected chi connectivity index (χ1v) is 9.33. The number of aromatic nitrogens is 3. The minimum absolute atomic E-state index is 0.259. The van der Waals surface area contributed by atoms with Crippen molar-refractivity contribution in [2.75, 3.05) is 0 Å². The molecule has 0 spiro atoms. The van der Waals surface area contributed by atoms with Crippen molar-refractivity contribution in [1.82, 2.24) is 14.5 Å². The summed E-state index contributed by atoms with van der Waals surface area (Å²) < 4.78 is 13.0. The first-order valence-electron chi connectivity index (χ1n) is 9.33. The lowest BCUT2D eigenvalue weighted by molar-refractivity contribution is 0.0319. The second-order valence-corrected chi connectivity index (χ2v) is 6.97. The molecule has 3 heterocycles. The van der Waals surface area contributed by atoms with E-state index in [0.29, 0.717) is 28.8 Å². The van der Waals surface area contributed by atoms with Crippen LogP contribution in [0.15, 0.2) is 57.9 Å². The van der Waals surface area contributed by atoms with Crippen LogP contribution in [-0.2, 0) is 11.3 Å². The van der Waals surface area contributed by atoms with Crippen LogP contribution in [-0.4, -0.2) is 20.5 Å². The molecule has 0 fully saturated rings. The minimum atomic E-state index is -0.701. The number of hydrogen-bond donors (Lipinski definition) is 1. The van der Waals surface area contributed by atoms with Crippen molar-refractivity contribution in [3.05, 3.63) is 87.6 Å². The molecule has 0 aliphatic carbocycles. The number of aromatic amines is 1. The third-order valence-electron chi connectivity index (χ3n) is 4.99. The molecule has 29 heavy (non-hydrogen) atoms. The van der Waals surface area contributed by atoms with Gasteiger partial charge in [0, 0.05) is 11.4 Å². The number of aryl methyl sites for hydroxylation is 1. The van der Waals surface area contributed by atoms with Crippen LogP contribution in [0.2, 0.25) is 0 Å².